The summed E-state index contributed by atoms with van der Waals surface area (Å²) in [7, 11) is 0. The summed E-state index contributed by atoms with van der Waals surface area (Å²) in [5.74, 6) is -2.73. The average molecular weight is 189 g/mol. The molecule has 0 aromatic heterocycles. The van der Waals surface area contributed by atoms with Crippen LogP contribution in [0.15, 0.2) is 0 Å². The maximum atomic E-state index is 9.50. The zero-order valence-corrected chi connectivity index (χ0v) is 5.95. The molecule has 0 fully saturated rings. The number of aliphatic carboxylic acids is 2. The van der Waals surface area contributed by atoms with Crippen LogP contribution in [0.3, 0.4) is 0 Å². The molecule has 0 aromatic rings. The first-order valence-electron chi connectivity index (χ1n) is 2.02. The van der Waals surface area contributed by atoms with Gasteiger partial charge in [0.25, 0.3) is 0 Å². The molecular weight excluding hydrogens is 184 g/mol. The number of hydrogen-bond acceptors (Lipinski definition) is 5. The summed E-state index contributed by atoms with van der Waals surface area (Å²) in [6.45, 7) is 0. The molecular formula is C4H5FeO5. The van der Waals surface area contributed by atoms with Crippen LogP contribution in [0.25, 0.3) is 0 Å². The second-order valence-electron chi connectivity index (χ2n) is 1.24. The molecule has 0 saturated heterocycles. The first-order valence-corrected chi connectivity index (χ1v) is 2.02. The van der Waals surface area contributed by atoms with E-state index < -0.39 is 24.8 Å². The van der Waals surface area contributed by atoms with E-state index in [0.29, 0.717) is 0 Å². The zero-order valence-electron chi connectivity index (χ0n) is 4.85. The van der Waals surface area contributed by atoms with Gasteiger partial charge in [-0.15, -0.1) is 0 Å². The normalized spacial score (nSPS) is 6.80. The molecule has 0 aliphatic rings. The molecule has 6 heteroatoms. The second kappa shape index (κ2) is 8.42. The Morgan fingerprint density at radius 2 is 1.20 bits per heavy atom. The minimum atomic E-state index is -1.37. The topological polar surface area (TPSA) is 110 Å². The van der Waals surface area contributed by atoms with Gasteiger partial charge >= 0.3 is 17.1 Å². The van der Waals surface area contributed by atoms with Crippen LogP contribution < -0.4 is 10.2 Å². The van der Waals surface area contributed by atoms with Crippen LogP contribution in [-0.4, -0.2) is 17.4 Å². The largest absolute Gasteiger partial charge is 3.00 e. The van der Waals surface area contributed by atoms with Crippen molar-refractivity contribution in [3.8, 4) is 0 Å². The summed E-state index contributed by atoms with van der Waals surface area (Å²) in [5.41, 5.74) is 0. The zero-order chi connectivity index (χ0) is 6.57. The van der Waals surface area contributed by atoms with Crippen LogP contribution in [0.2, 0.25) is 0 Å². The van der Waals surface area contributed by atoms with E-state index in [0.717, 1.165) is 0 Å². The Hall–Kier alpha value is -0.581. The monoisotopic (exact) mass is 189 g/mol. The summed E-state index contributed by atoms with van der Waals surface area (Å²) in [5, 5.41) is 19.0. The van der Waals surface area contributed by atoms with Gasteiger partial charge in [0.1, 0.15) is 0 Å². The number of carbonyl (C=O) groups excluding carboxylic acids is 2. The number of hydrogen-bond donors (Lipinski definition) is 0. The SMILES string of the molecule is O=C([O-])CCC(=O)[O-].[Fe+3].[OH-]. The van der Waals surface area contributed by atoms with Crippen molar-refractivity contribution in [2.75, 3.05) is 0 Å². The Balaban J connectivity index is -0.000000245. The van der Waals surface area contributed by atoms with Gasteiger partial charge in [0, 0.05) is 11.9 Å². The second-order valence-corrected chi connectivity index (χ2v) is 1.24. The van der Waals surface area contributed by atoms with Gasteiger partial charge in [0.2, 0.25) is 0 Å². The predicted octanol–water partition coefficient (Wildman–Crippen LogP) is -2.91. The van der Waals surface area contributed by atoms with Crippen molar-refractivity contribution in [3.05, 3.63) is 0 Å². The minimum absolute atomic E-state index is 0. The fraction of sp³-hybridized carbons (Fsp3) is 0.500. The molecule has 0 saturated carbocycles. The van der Waals surface area contributed by atoms with Gasteiger partial charge < -0.3 is 25.3 Å². The van der Waals surface area contributed by atoms with Crippen molar-refractivity contribution in [1.82, 2.24) is 0 Å². The average Bonchev–Trinajstić information content (AvgIpc) is 1.61. The van der Waals surface area contributed by atoms with Crippen LogP contribution in [0, 0.1) is 0 Å². The summed E-state index contributed by atoms with van der Waals surface area (Å²) < 4.78 is 0. The number of rotatable bonds is 3. The maximum absolute atomic E-state index is 9.50. The van der Waals surface area contributed by atoms with Crippen molar-refractivity contribution in [1.29, 1.82) is 0 Å². The van der Waals surface area contributed by atoms with E-state index >= 15 is 0 Å². The molecule has 0 spiro atoms. The Morgan fingerprint density at radius 1 is 1.00 bits per heavy atom. The van der Waals surface area contributed by atoms with Gasteiger partial charge in [-0.1, -0.05) is 0 Å². The van der Waals surface area contributed by atoms with Crippen molar-refractivity contribution in [2.45, 2.75) is 12.8 Å². The fourth-order valence-corrected chi connectivity index (χ4v) is 0.204. The number of carboxylic acids is 2. The molecule has 0 atom stereocenters. The molecule has 0 bridgehead atoms. The molecule has 0 aromatic carbocycles. The van der Waals surface area contributed by atoms with Crippen LogP contribution in [0.5, 0.6) is 0 Å². The van der Waals surface area contributed by atoms with E-state index in [1.54, 1.807) is 0 Å². The molecule has 0 unspecified atom stereocenters. The third kappa shape index (κ3) is 15.7. The number of carbonyl (C=O) groups is 2. The summed E-state index contributed by atoms with van der Waals surface area (Å²) in [4.78, 5) is 19.0. The third-order valence-corrected chi connectivity index (χ3v) is 0.533. The third-order valence-electron chi connectivity index (χ3n) is 0.533. The van der Waals surface area contributed by atoms with Gasteiger partial charge in [-0.25, -0.2) is 0 Å². The molecule has 5 nitrogen and oxygen atoms in total. The van der Waals surface area contributed by atoms with Crippen LogP contribution >= 0.6 is 0 Å². The van der Waals surface area contributed by atoms with Crippen molar-refractivity contribution >= 4 is 11.9 Å². The summed E-state index contributed by atoms with van der Waals surface area (Å²) in [6, 6.07) is 0. The van der Waals surface area contributed by atoms with Crippen LogP contribution in [0.4, 0.5) is 0 Å². The van der Waals surface area contributed by atoms with Crippen LogP contribution in [0.1, 0.15) is 12.8 Å². The Morgan fingerprint density at radius 3 is 1.30 bits per heavy atom. The van der Waals surface area contributed by atoms with Gasteiger partial charge in [0.05, 0.1) is 0 Å². The number of carboxylic acid groups (broad SMARTS) is 2. The standard InChI is InChI=1S/C4H6O4.Fe.H2O/c5-3(6)1-2-4(7)8;;/h1-2H2,(H,5,6)(H,7,8);;1H2/q;+3;/p-3. The maximum Gasteiger partial charge on any atom is 3.00 e. The quantitative estimate of drug-likeness (QED) is 0.441. The summed E-state index contributed by atoms with van der Waals surface area (Å²) >= 11 is 0. The van der Waals surface area contributed by atoms with E-state index in [9.17, 15) is 19.8 Å². The molecule has 1 N–H and O–H groups in total. The molecule has 0 amide bonds. The predicted molar refractivity (Wildman–Crippen MR) is 21.2 cm³/mol. The first kappa shape index (κ1) is 16.2. The van der Waals surface area contributed by atoms with E-state index in [2.05, 4.69) is 0 Å². The summed E-state index contributed by atoms with van der Waals surface area (Å²) in [6.07, 6.45) is -0.940. The molecule has 10 heavy (non-hydrogen) atoms. The first-order chi connectivity index (χ1) is 3.63. The molecule has 0 rings (SSSR count). The van der Waals surface area contributed by atoms with Gasteiger partial charge in [-0.2, -0.15) is 0 Å². The molecule has 59 valence electrons. The molecule has 0 aliphatic heterocycles. The minimum Gasteiger partial charge on any atom is -0.870 e. The Kier molecular flexibility index (Phi) is 13.6. The van der Waals surface area contributed by atoms with Crippen LogP contribution in [-0.2, 0) is 26.7 Å². The molecule has 0 aliphatic carbocycles. The fourth-order valence-electron chi connectivity index (χ4n) is 0.204. The van der Waals surface area contributed by atoms with Gasteiger partial charge in [-0.3, -0.25) is 0 Å². The van der Waals surface area contributed by atoms with Gasteiger partial charge in [-0.05, 0) is 12.8 Å². The van der Waals surface area contributed by atoms with E-state index in [1.807, 2.05) is 0 Å². The Bertz CT molecular complexity index is 98.2. The Labute approximate surface area is 67.8 Å². The van der Waals surface area contributed by atoms with E-state index in [1.165, 1.54) is 0 Å². The van der Waals surface area contributed by atoms with Crippen molar-refractivity contribution in [3.63, 3.8) is 0 Å². The molecule has 1 radical (unpaired) electrons. The molecule has 0 heterocycles. The van der Waals surface area contributed by atoms with Crippen molar-refractivity contribution in [2.24, 2.45) is 0 Å². The smallest absolute Gasteiger partial charge is 0.870 e. The van der Waals surface area contributed by atoms with Crippen molar-refractivity contribution < 1.29 is 42.3 Å². The van der Waals surface area contributed by atoms with Gasteiger partial charge in [0.15, 0.2) is 0 Å². The van der Waals surface area contributed by atoms with E-state index in [-0.39, 0.29) is 22.5 Å². The van der Waals surface area contributed by atoms with E-state index in [4.69, 9.17) is 0 Å².